The van der Waals surface area contributed by atoms with Crippen LogP contribution >= 0.6 is 0 Å². The molecule has 0 spiro atoms. The van der Waals surface area contributed by atoms with Gasteiger partial charge in [0.2, 0.25) is 10.0 Å². The van der Waals surface area contributed by atoms with Crippen LogP contribution in [0.25, 0.3) is 0 Å². The largest absolute Gasteiger partial charge is 0.410 e. The Bertz CT molecular complexity index is 805. The summed E-state index contributed by atoms with van der Waals surface area (Å²) in [4.78, 5) is 0. The maximum atomic E-state index is 13.5. The lowest BCUT2D eigenvalue weighted by Gasteiger charge is -2.30. The van der Waals surface area contributed by atoms with Crippen LogP contribution in [0.5, 0.6) is 0 Å². The Hall–Kier alpha value is -1.93. The number of sulfonamides is 1. The highest BCUT2D eigenvalue weighted by Crippen LogP contribution is 2.42. The number of nitrogens with zero attached hydrogens (tertiary/aromatic N) is 1. The van der Waals surface area contributed by atoms with Gasteiger partial charge in [0.05, 0.1) is 0 Å². The van der Waals surface area contributed by atoms with E-state index in [1.807, 2.05) is 0 Å². The second kappa shape index (κ2) is 7.13. The van der Waals surface area contributed by atoms with E-state index in [0.29, 0.717) is 9.87 Å². The molecule has 0 saturated carbocycles. The van der Waals surface area contributed by atoms with Gasteiger partial charge in [-0.3, -0.25) is 0 Å². The van der Waals surface area contributed by atoms with Gasteiger partial charge in [0.1, 0.15) is 5.82 Å². The van der Waals surface area contributed by atoms with Gasteiger partial charge in [-0.2, -0.15) is 17.5 Å². The van der Waals surface area contributed by atoms with Crippen LogP contribution in [0.4, 0.5) is 17.6 Å². The maximum Gasteiger partial charge on any atom is 0.410 e. The lowest BCUT2D eigenvalue weighted by atomic mass is 10.1. The number of halogens is 4. The Morgan fingerprint density at radius 2 is 1.44 bits per heavy atom. The fourth-order valence-corrected chi connectivity index (χ4v) is 4.23. The molecule has 2 aromatic carbocycles. The van der Waals surface area contributed by atoms with Gasteiger partial charge in [-0.15, -0.1) is 0 Å². The summed E-state index contributed by atoms with van der Waals surface area (Å²) in [5, 5.41) is -2.67. The first kappa shape index (κ1) is 19.4. The molecule has 0 fully saturated rings. The minimum absolute atomic E-state index is 0.354. The summed E-state index contributed by atoms with van der Waals surface area (Å²) in [5.74, 6) is -0.515. The van der Waals surface area contributed by atoms with E-state index in [0.717, 1.165) is 31.3 Å². The standard InChI is InChI=1S/C17H17F4NO2S/c1-12(13-8-10-15(18)11-9-13)22(2)25(23,24)16(17(19,20)21)14-6-4-3-5-7-14/h3-12,16H,1-2H3/t12-,16+/m1/s1. The molecule has 2 rings (SSSR count). The molecular weight excluding hydrogens is 358 g/mol. The third-order valence-corrected chi connectivity index (χ3v) is 6.25. The first-order chi connectivity index (χ1) is 11.5. The lowest BCUT2D eigenvalue weighted by molar-refractivity contribution is -0.132. The second-order valence-corrected chi connectivity index (χ2v) is 7.70. The molecule has 136 valence electrons. The minimum Gasteiger partial charge on any atom is -0.211 e. The van der Waals surface area contributed by atoms with Gasteiger partial charge >= 0.3 is 6.18 Å². The zero-order valence-electron chi connectivity index (χ0n) is 13.5. The summed E-state index contributed by atoms with van der Waals surface area (Å²) in [6.45, 7) is 1.45. The third kappa shape index (κ3) is 4.19. The zero-order valence-corrected chi connectivity index (χ0v) is 14.4. The van der Waals surface area contributed by atoms with Crippen molar-refractivity contribution in [2.45, 2.75) is 24.4 Å². The normalized spacial score (nSPS) is 15.2. The van der Waals surface area contributed by atoms with E-state index < -0.39 is 33.3 Å². The minimum atomic E-state index is -4.98. The number of rotatable bonds is 5. The van der Waals surface area contributed by atoms with Gasteiger partial charge in [-0.25, -0.2) is 12.8 Å². The van der Waals surface area contributed by atoms with Crippen LogP contribution in [0.1, 0.15) is 29.3 Å². The summed E-state index contributed by atoms with van der Waals surface area (Å²) in [6, 6.07) is 10.5. The molecule has 2 atom stereocenters. The van der Waals surface area contributed by atoms with Crippen LogP contribution in [-0.2, 0) is 10.0 Å². The van der Waals surface area contributed by atoms with Gasteiger partial charge < -0.3 is 0 Å². The highest BCUT2D eigenvalue weighted by Gasteiger charge is 2.51. The van der Waals surface area contributed by atoms with Gasteiger partial charge in [0.25, 0.3) is 0 Å². The lowest BCUT2D eigenvalue weighted by Crippen LogP contribution is -2.39. The van der Waals surface area contributed by atoms with Crippen LogP contribution in [0.15, 0.2) is 54.6 Å². The molecule has 25 heavy (non-hydrogen) atoms. The van der Waals surface area contributed by atoms with Gasteiger partial charge in [0, 0.05) is 13.1 Å². The smallest absolute Gasteiger partial charge is 0.211 e. The van der Waals surface area contributed by atoms with E-state index in [1.54, 1.807) is 0 Å². The molecular formula is C17H17F4NO2S. The predicted octanol–water partition coefficient (Wildman–Crippen LogP) is 4.45. The molecule has 0 heterocycles. The molecule has 8 heteroatoms. The van der Waals surface area contributed by atoms with E-state index in [1.165, 1.54) is 37.3 Å². The molecule has 0 aliphatic carbocycles. The molecule has 3 nitrogen and oxygen atoms in total. The fourth-order valence-electron chi connectivity index (χ4n) is 2.50. The Kier molecular flexibility index (Phi) is 5.53. The van der Waals surface area contributed by atoms with Crippen LogP contribution in [0.3, 0.4) is 0 Å². The van der Waals surface area contributed by atoms with Crippen molar-refractivity contribution in [2.75, 3.05) is 7.05 Å². The highest BCUT2D eigenvalue weighted by molar-refractivity contribution is 7.89. The Balaban J connectivity index is 2.44. The van der Waals surface area contributed by atoms with Crippen molar-refractivity contribution in [3.05, 3.63) is 71.5 Å². The van der Waals surface area contributed by atoms with E-state index in [-0.39, 0.29) is 5.56 Å². The third-order valence-electron chi connectivity index (χ3n) is 4.00. The highest BCUT2D eigenvalue weighted by atomic mass is 32.2. The van der Waals surface area contributed by atoms with E-state index in [2.05, 4.69) is 0 Å². The van der Waals surface area contributed by atoms with E-state index >= 15 is 0 Å². The Labute approximate surface area is 143 Å². The topological polar surface area (TPSA) is 37.4 Å². The molecule has 0 aliphatic rings. The fraction of sp³-hybridized carbons (Fsp3) is 0.294. The predicted molar refractivity (Wildman–Crippen MR) is 86.7 cm³/mol. The van der Waals surface area contributed by atoms with Crippen LogP contribution in [0.2, 0.25) is 0 Å². The Morgan fingerprint density at radius 1 is 0.920 bits per heavy atom. The molecule has 0 saturated heterocycles. The Morgan fingerprint density at radius 3 is 1.92 bits per heavy atom. The zero-order chi connectivity index (χ0) is 18.8. The van der Waals surface area contributed by atoms with Gasteiger partial charge in [-0.05, 0) is 30.2 Å². The molecule has 0 unspecified atom stereocenters. The molecule has 0 N–H and O–H groups in total. The first-order valence-corrected chi connectivity index (χ1v) is 8.89. The summed E-state index contributed by atoms with van der Waals surface area (Å²) >= 11 is 0. The number of hydrogen-bond donors (Lipinski definition) is 0. The summed E-state index contributed by atoms with van der Waals surface area (Å²) in [5.41, 5.74) is 0.0367. The van der Waals surface area contributed by atoms with Crippen molar-refractivity contribution < 1.29 is 26.0 Å². The molecule has 0 aromatic heterocycles. The van der Waals surface area contributed by atoms with Crippen LogP contribution in [0, 0.1) is 5.82 Å². The molecule has 0 radical (unpaired) electrons. The van der Waals surface area contributed by atoms with Crippen molar-refractivity contribution in [1.29, 1.82) is 0 Å². The van der Waals surface area contributed by atoms with Crippen molar-refractivity contribution in [1.82, 2.24) is 4.31 Å². The van der Waals surface area contributed by atoms with Gasteiger partial charge in [0.15, 0.2) is 5.25 Å². The van der Waals surface area contributed by atoms with Crippen molar-refractivity contribution in [3.8, 4) is 0 Å². The monoisotopic (exact) mass is 375 g/mol. The molecule has 0 aliphatic heterocycles. The molecule has 0 amide bonds. The average molecular weight is 375 g/mol. The maximum absolute atomic E-state index is 13.5. The van der Waals surface area contributed by atoms with Crippen molar-refractivity contribution in [2.24, 2.45) is 0 Å². The number of benzene rings is 2. The second-order valence-electron chi connectivity index (χ2n) is 5.62. The first-order valence-electron chi connectivity index (χ1n) is 7.39. The summed E-state index contributed by atoms with van der Waals surface area (Å²) in [7, 11) is -3.67. The molecule has 0 bridgehead atoms. The summed E-state index contributed by atoms with van der Waals surface area (Å²) in [6.07, 6.45) is -4.98. The van der Waals surface area contributed by atoms with Crippen molar-refractivity contribution in [3.63, 3.8) is 0 Å². The summed E-state index contributed by atoms with van der Waals surface area (Å²) < 4.78 is 79.6. The average Bonchev–Trinajstić information content (AvgIpc) is 2.53. The number of alkyl halides is 3. The quantitative estimate of drug-likeness (QED) is 0.724. The van der Waals surface area contributed by atoms with Gasteiger partial charge in [-0.1, -0.05) is 42.5 Å². The van der Waals surface area contributed by atoms with Crippen molar-refractivity contribution >= 4 is 10.0 Å². The SMILES string of the molecule is C[C@H](c1ccc(F)cc1)N(C)S(=O)(=O)[C@@H](c1ccccc1)C(F)(F)F. The van der Waals surface area contributed by atoms with E-state index in [9.17, 15) is 26.0 Å². The van der Waals surface area contributed by atoms with Crippen LogP contribution < -0.4 is 0 Å². The van der Waals surface area contributed by atoms with E-state index in [4.69, 9.17) is 0 Å². The molecule has 2 aromatic rings. The van der Waals surface area contributed by atoms with Crippen LogP contribution in [-0.4, -0.2) is 25.9 Å². The number of hydrogen-bond acceptors (Lipinski definition) is 2.